The van der Waals surface area contributed by atoms with Crippen LogP contribution in [-0.4, -0.2) is 21.9 Å². The minimum absolute atomic E-state index is 0.282. The number of amides is 1. The summed E-state index contributed by atoms with van der Waals surface area (Å²) in [5.41, 5.74) is 9.90. The number of carbonyl (C=O) groups excluding carboxylic acids is 1. The summed E-state index contributed by atoms with van der Waals surface area (Å²) in [7, 11) is 1.81. The normalized spacial score (nSPS) is 10.7. The van der Waals surface area contributed by atoms with Gasteiger partial charge in [-0.25, -0.2) is 5.43 Å². The lowest BCUT2D eigenvalue weighted by atomic mass is 10.2. The molecule has 3 N–H and O–H groups in total. The molecular formula is C12H13N5O. The van der Waals surface area contributed by atoms with Crippen molar-refractivity contribution in [3.63, 3.8) is 0 Å². The Hall–Kier alpha value is -2.63. The van der Waals surface area contributed by atoms with E-state index in [-0.39, 0.29) is 5.91 Å². The first-order chi connectivity index (χ1) is 8.65. The van der Waals surface area contributed by atoms with Crippen molar-refractivity contribution in [1.82, 2.24) is 15.2 Å². The van der Waals surface area contributed by atoms with Crippen LogP contribution in [0.2, 0.25) is 0 Å². The number of hydrogen-bond acceptors (Lipinski definition) is 4. The predicted molar refractivity (Wildman–Crippen MR) is 69.1 cm³/mol. The van der Waals surface area contributed by atoms with E-state index in [1.165, 1.54) is 6.21 Å². The van der Waals surface area contributed by atoms with Gasteiger partial charge in [0, 0.05) is 30.1 Å². The number of anilines is 1. The maximum absolute atomic E-state index is 11.7. The molecular weight excluding hydrogens is 230 g/mol. The molecule has 2 rings (SSSR count). The molecule has 6 nitrogen and oxygen atoms in total. The van der Waals surface area contributed by atoms with Crippen LogP contribution < -0.4 is 11.2 Å². The Morgan fingerprint density at radius 3 is 2.78 bits per heavy atom. The van der Waals surface area contributed by atoms with E-state index in [0.29, 0.717) is 11.3 Å². The van der Waals surface area contributed by atoms with Gasteiger partial charge >= 0.3 is 0 Å². The number of nitrogen functional groups attached to an aromatic ring is 1. The van der Waals surface area contributed by atoms with Gasteiger partial charge in [-0.15, -0.1) is 0 Å². The molecule has 0 bridgehead atoms. The number of aryl methyl sites for hydroxylation is 1. The fraction of sp³-hybridized carbons (Fsp3) is 0.0833. The van der Waals surface area contributed by atoms with Gasteiger partial charge in [-0.2, -0.15) is 10.2 Å². The number of aromatic nitrogens is 2. The SMILES string of the molecule is Cn1cc(/C=N/NC(=O)c2ccc(N)cc2)cn1. The maximum Gasteiger partial charge on any atom is 0.271 e. The Morgan fingerprint density at radius 2 is 2.17 bits per heavy atom. The maximum atomic E-state index is 11.7. The molecule has 1 aromatic heterocycles. The Morgan fingerprint density at radius 1 is 1.44 bits per heavy atom. The summed E-state index contributed by atoms with van der Waals surface area (Å²) in [6.07, 6.45) is 4.97. The van der Waals surface area contributed by atoms with E-state index in [4.69, 9.17) is 5.73 Å². The molecule has 18 heavy (non-hydrogen) atoms. The molecule has 0 saturated carbocycles. The van der Waals surface area contributed by atoms with E-state index >= 15 is 0 Å². The van der Waals surface area contributed by atoms with Crippen LogP contribution in [0.15, 0.2) is 41.8 Å². The lowest BCUT2D eigenvalue weighted by Gasteiger charge is -1.99. The first-order valence-electron chi connectivity index (χ1n) is 5.33. The van der Waals surface area contributed by atoms with Crippen molar-refractivity contribution in [2.75, 3.05) is 5.73 Å². The third-order valence-electron chi connectivity index (χ3n) is 2.28. The summed E-state index contributed by atoms with van der Waals surface area (Å²) in [4.78, 5) is 11.7. The fourth-order valence-corrected chi connectivity index (χ4v) is 1.37. The van der Waals surface area contributed by atoms with Gasteiger partial charge in [0.05, 0.1) is 12.4 Å². The number of benzene rings is 1. The number of nitrogens with two attached hydrogens (primary N) is 1. The zero-order valence-electron chi connectivity index (χ0n) is 9.87. The van der Waals surface area contributed by atoms with Gasteiger partial charge in [0.2, 0.25) is 0 Å². The lowest BCUT2D eigenvalue weighted by molar-refractivity contribution is 0.0955. The van der Waals surface area contributed by atoms with Crippen molar-refractivity contribution in [2.45, 2.75) is 0 Å². The molecule has 0 aliphatic rings. The van der Waals surface area contributed by atoms with Gasteiger partial charge in [0.15, 0.2) is 0 Å². The third kappa shape index (κ3) is 2.94. The van der Waals surface area contributed by atoms with Crippen LogP contribution in [0.25, 0.3) is 0 Å². The highest BCUT2D eigenvalue weighted by Gasteiger charge is 2.02. The number of hydrogen-bond donors (Lipinski definition) is 2. The molecule has 6 heteroatoms. The minimum atomic E-state index is -0.282. The summed E-state index contributed by atoms with van der Waals surface area (Å²) < 4.78 is 1.66. The second kappa shape index (κ2) is 5.13. The quantitative estimate of drug-likeness (QED) is 0.474. The molecule has 2 aromatic rings. The number of rotatable bonds is 3. The Kier molecular flexibility index (Phi) is 3.38. The van der Waals surface area contributed by atoms with Crippen molar-refractivity contribution in [3.8, 4) is 0 Å². The molecule has 0 radical (unpaired) electrons. The van der Waals surface area contributed by atoms with E-state index < -0.39 is 0 Å². The summed E-state index contributed by atoms with van der Waals surface area (Å²) in [5, 5.41) is 7.83. The number of nitrogens with zero attached hydrogens (tertiary/aromatic N) is 3. The van der Waals surface area contributed by atoms with Gasteiger partial charge in [-0.3, -0.25) is 9.48 Å². The molecule has 0 aliphatic heterocycles. The average molecular weight is 243 g/mol. The van der Waals surface area contributed by atoms with Gasteiger partial charge in [0.1, 0.15) is 0 Å². The smallest absolute Gasteiger partial charge is 0.271 e. The Bertz CT molecular complexity index is 570. The second-order valence-electron chi connectivity index (χ2n) is 3.77. The molecule has 1 aromatic carbocycles. The van der Waals surface area contributed by atoms with Crippen LogP contribution in [0, 0.1) is 0 Å². The largest absolute Gasteiger partial charge is 0.399 e. The summed E-state index contributed by atoms with van der Waals surface area (Å²) in [6.45, 7) is 0. The van der Waals surface area contributed by atoms with E-state index in [2.05, 4.69) is 15.6 Å². The van der Waals surface area contributed by atoms with Crippen LogP contribution in [0.3, 0.4) is 0 Å². The monoisotopic (exact) mass is 243 g/mol. The van der Waals surface area contributed by atoms with Gasteiger partial charge in [-0.05, 0) is 24.3 Å². The standard InChI is InChI=1S/C12H13N5O/c1-17-8-9(7-15-17)6-14-16-12(18)10-2-4-11(13)5-3-10/h2-8H,13H2,1H3,(H,16,18)/b14-6+. The molecule has 0 aliphatic carbocycles. The van der Waals surface area contributed by atoms with Crippen molar-refractivity contribution in [3.05, 3.63) is 47.8 Å². The van der Waals surface area contributed by atoms with Crippen LogP contribution >= 0.6 is 0 Å². The van der Waals surface area contributed by atoms with Crippen LogP contribution in [0.4, 0.5) is 5.69 Å². The van der Waals surface area contributed by atoms with Crippen LogP contribution in [-0.2, 0) is 7.05 Å². The number of hydrazone groups is 1. The van der Waals surface area contributed by atoms with E-state index in [1.54, 1.807) is 41.3 Å². The second-order valence-corrected chi connectivity index (χ2v) is 3.77. The minimum Gasteiger partial charge on any atom is -0.399 e. The van der Waals surface area contributed by atoms with Gasteiger partial charge < -0.3 is 5.73 Å². The van der Waals surface area contributed by atoms with Crippen molar-refractivity contribution in [1.29, 1.82) is 0 Å². The van der Waals surface area contributed by atoms with Crippen molar-refractivity contribution >= 4 is 17.8 Å². The Labute approximate surface area is 104 Å². The highest BCUT2D eigenvalue weighted by Crippen LogP contribution is 2.04. The van der Waals surface area contributed by atoms with Crippen molar-refractivity contribution in [2.24, 2.45) is 12.1 Å². The fourth-order valence-electron chi connectivity index (χ4n) is 1.37. The van der Waals surface area contributed by atoms with Crippen molar-refractivity contribution < 1.29 is 4.79 Å². The molecule has 1 heterocycles. The lowest BCUT2D eigenvalue weighted by Crippen LogP contribution is -2.17. The van der Waals surface area contributed by atoms with Gasteiger partial charge in [-0.1, -0.05) is 0 Å². The zero-order chi connectivity index (χ0) is 13.0. The first kappa shape index (κ1) is 11.8. The van der Waals surface area contributed by atoms with E-state index in [9.17, 15) is 4.79 Å². The predicted octanol–water partition coefficient (Wildman–Crippen LogP) is 0.766. The van der Waals surface area contributed by atoms with E-state index in [0.717, 1.165) is 5.56 Å². The first-order valence-corrected chi connectivity index (χ1v) is 5.33. The molecule has 0 fully saturated rings. The summed E-state index contributed by atoms with van der Waals surface area (Å²) in [6, 6.07) is 6.62. The number of carbonyl (C=O) groups is 1. The third-order valence-corrected chi connectivity index (χ3v) is 2.28. The Balaban J connectivity index is 1.96. The summed E-state index contributed by atoms with van der Waals surface area (Å²) in [5.74, 6) is -0.282. The van der Waals surface area contributed by atoms with Crippen LogP contribution in [0.1, 0.15) is 15.9 Å². The topological polar surface area (TPSA) is 85.3 Å². The van der Waals surface area contributed by atoms with Gasteiger partial charge in [0.25, 0.3) is 5.91 Å². The summed E-state index contributed by atoms with van der Waals surface area (Å²) >= 11 is 0. The average Bonchev–Trinajstić information content (AvgIpc) is 2.76. The van der Waals surface area contributed by atoms with E-state index in [1.807, 2.05) is 7.05 Å². The molecule has 1 amide bonds. The highest BCUT2D eigenvalue weighted by atomic mass is 16.2. The molecule has 0 saturated heterocycles. The molecule has 0 atom stereocenters. The molecule has 0 spiro atoms. The molecule has 92 valence electrons. The number of nitrogens with one attached hydrogen (secondary N) is 1. The van der Waals surface area contributed by atoms with Crippen LogP contribution in [0.5, 0.6) is 0 Å². The highest BCUT2D eigenvalue weighted by molar-refractivity contribution is 5.95. The zero-order valence-corrected chi connectivity index (χ0v) is 9.87. The molecule has 0 unspecified atom stereocenters.